The van der Waals surface area contributed by atoms with Gasteiger partial charge in [0.2, 0.25) is 0 Å². The van der Waals surface area contributed by atoms with Gasteiger partial charge in [-0.1, -0.05) is 12.1 Å². The Morgan fingerprint density at radius 3 is 2.95 bits per heavy atom. The monoisotopic (exact) mass is 526 g/mol. The molecule has 0 saturated carbocycles. The number of aliphatic hydroxyl groups excluding tert-OH is 1. The Kier molecular flexibility index (Phi) is 6.76. The molecule has 39 heavy (non-hydrogen) atoms. The summed E-state index contributed by atoms with van der Waals surface area (Å²) in [6.45, 7) is 4.23. The van der Waals surface area contributed by atoms with Gasteiger partial charge in [0.15, 0.2) is 0 Å². The summed E-state index contributed by atoms with van der Waals surface area (Å²) in [5, 5.41) is 25.0. The summed E-state index contributed by atoms with van der Waals surface area (Å²) in [5.74, 6) is 1.18. The third-order valence-corrected chi connectivity index (χ3v) is 7.37. The summed E-state index contributed by atoms with van der Waals surface area (Å²) in [6.07, 6.45) is 5.65. The molecule has 2 aromatic rings. The number of nitrogens with zero attached hydrogens (tertiary/aromatic N) is 4. The number of ether oxygens (including phenoxy) is 1. The van der Waals surface area contributed by atoms with Crippen LogP contribution in [0.5, 0.6) is 0 Å². The molecule has 1 unspecified atom stereocenters. The number of hydrogen-bond acceptors (Lipinski definition) is 10. The lowest BCUT2D eigenvalue weighted by atomic mass is 9.97. The summed E-state index contributed by atoms with van der Waals surface area (Å²) < 4.78 is 5.82. The number of piperidine rings is 1. The fourth-order valence-electron chi connectivity index (χ4n) is 5.44. The number of carbonyl (C=O) groups excluding carboxylic acids is 1. The van der Waals surface area contributed by atoms with E-state index in [1.165, 1.54) is 5.57 Å². The van der Waals surface area contributed by atoms with E-state index in [2.05, 4.69) is 21.6 Å². The molecule has 4 aliphatic heterocycles. The molecule has 2 fully saturated rings. The minimum Gasteiger partial charge on any atom is -0.492 e. The van der Waals surface area contributed by atoms with Crippen molar-refractivity contribution in [2.75, 3.05) is 31.1 Å². The standard InChI is InChI=1S/C28H30N8O3/c1-2-39-19-11-21(26-22-14-31-33-27(22)34-36(26)15-19)18-7-8-25(30-13-18)35-10-9-23(24(37)16-35)32-28(38)20-6-4-3-5-17(20)12-29/h3-8,11,13,15,23-24,27,31,33-34,37H,2,9-10,14,16H2,1H3,(H,32,38)/t23-,24+,27?/m0/s1. The summed E-state index contributed by atoms with van der Waals surface area (Å²) >= 11 is 0. The quantitative estimate of drug-likeness (QED) is 0.372. The van der Waals surface area contributed by atoms with Crippen molar-refractivity contribution in [2.24, 2.45) is 0 Å². The van der Waals surface area contributed by atoms with Crippen LogP contribution in [0.2, 0.25) is 0 Å². The van der Waals surface area contributed by atoms with E-state index in [4.69, 9.17) is 9.72 Å². The van der Waals surface area contributed by atoms with E-state index in [-0.39, 0.29) is 12.1 Å². The van der Waals surface area contributed by atoms with E-state index in [0.717, 1.165) is 35.0 Å². The first-order valence-corrected chi connectivity index (χ1v) is 13.1. The lowest BCUT2D eigenvalue weighted by molar-refractivity contribution is 0.0797. The van der Waals surface area contributed by atoms with Crippen LogP contribution in [0.25, 0.3) is 5.57 Å². The zero-order chi connectivity index (χ0) is 26.9. The van der Waals surface area contributed by atoms with Crippen molar-refractivity contribution < 1.29 is 14.6 Å². The number of rotatable bonds is 6. The average Bonchev–Trinajstić information content (AvgIpc) is 3.55. The number of nitrogens with one attached hydrogen (secondary N) is 4. The molecule has 11 heteroatoms. The molecule has 1 aromatic carbocycles. The maximum atomic E-state index is 12.8. The van der Waals surface area contributed by atoms with Crippen LogP contribution in [-0.4, -0.2) is 65.6 Å². The number of fused-ring (bicyclic) bond motifs is 2. The number of hydrogen-bond donors (Lipinski definition) is 5. The molecule has 200 valence electrons. The first kappa shape index (κ1) is 25.1. The highest BCUT2D eigenvalue weighted by molar-refractivity contribution is 5.96. The number of allylic oxidation sites excluding steroid dienone is 2. The highest BCUT2D eigenvalue weighted by atomic mass is 16.5. The Bertz CT molecular complexity index is 1410. The lowest BCUT2D eigenvalue weighted by Crippen LogP contribution is -2.54. The predicted molar refractivity (Wildman–Crippen MR) is 144 cm³/mol. The van der Waals surface area contributed by atoms with Gasteiger partial charge in [-0.2, -0.15) is 5.26 Å². The zero-order valence-electron chi connectivity index (χ0n) is 21.5. The Balaban J connectivity index is 1.16. The summed E-state index contributed by atoms with van der Waals surface area (Å²) in [7, 11) is 0. The van der Waals surface area contributed by atoms with Gasteiger partial charge in [-0.15, -0.1) is 0 Å². The molecule has 5 heterocycles. The number of carbonyl (C=O) groups is 1. The molecule has 11 nitrogen and oxygen atoms in total. The minimum absolute atomic E-state index is 0.0181. The van der Waals surface area contributed by atoms with Gasteiger partial charge < -0.3 is 20.1 Å². The number of aromatic nitrogens is 1. The fourth-order valence-corrected chi connectivity index (χ4v) is 5.44. The van der Waals surface area contributed by atoms with Gasteiger partial charge in [0.05, 0.1) is 47.8 Å². The van der Waals surface area contributed by atoms with E-state index in [9.17, 15) is 15.2 Å². The zero-order valence-corrected chi connectivity index (χ0v) is 21.5. The first-order valence-electron chi connectivity index (χ1n) is 13.1. The maximum Gasteiger partial charge on any atom is 0.252 e. The van der Waals surface area contributed by atoms with Crippen LogP contribution in [-0.2, 0) is 4.74 Å². The largest absolute Gasteiger partial charge is 0.492 e. The van der Waals surface area contributed by atoms with E-state index < -0.39 is 12.1 Å². The Hall–Kier alpha value is -4.21. The Labute approximate surface area is 226 Å². The van der Waals surface area contributed by atoms with E-state index >= 15 is 0 Å². The van der Waals surface area contributed by atoms with Crippen molar-refractivity contribution in [1.29, 1.82) is 5.26 Å². The van der Waals surface area contributed by atoms with Crippen LogP contribution in [0.4, 0.5) is 5.82 Å². The molecule has 6 rings (SSSR count). The van der Waals surface area contributed by atoms with Crippen molar-refractivity contribution in [3.05, 3.63) is 88.6 Å². The van der Waals surface area contributed by atoms with Crippen molar-refractivity contribution >= 4 is 17.3 Å². The molecule has 3 atom stereocenters. The SMILES string of the molecule is CCOC1=CN2NC3NNCC3=C2C(c2ccc(N3CC[C@H](NC(=O)c4ccccc4C#N)[C@H](O)C3)nc2)=C1. The number of anilines is 1. The van der Waals surface area contributed by atoms with Gasteiger partial charge >= 0.3 is 0 Å². The maximum absolute atomic E-state index is 12.8. The average molecular weight is 527 g/mol. The van der Waals surface area contributed by atoms with Crippen LogP contribution >= 0.6 is 0 Å². The molecule has 0 spiro atoms. The van der Waals surface area contributed by atoms with Crippen molar-refractivity contribution in [2.45, 2.75) is 31.7 Å². The third-order valence-electron chi connectivity index (χ3n) is 7.37. The van der Waals surface area contributed by atoms with Gasteiger partial charge in [-0.3, -0.25) is 15.2 Å². The topological polar surface area (TPSA) is 138 Å². The number of aliphatic hydroxyl groups is 1. The number of β-amino-alcohol motifs (C(OH)–C–C–N with tert-alkyl or cyclic N) is 1. The second-order valence-electron chi connectivity index (χ2n) is 9.77. The molecule has 2 saturated heterocycles. The molecule has 0 radical (unpaired) electrons. The smallest absolute Gasteiger partial charge is 0.252 e. The number of nitriles is 1. The van der Waals surface area contributed by atoms with Gasteiger partial charge in [0.25, 0.3) is 5.91 Å². The minimum atomic E-state index is -0.775. The predicted octanol–water partition coefficient (Wildman–Crippen LogP) is 1.11. The Morgan fingerprint density at radius 2 is 2.18 bits per heavy atom. The highest BCUT2D eigenvalue weighted by Gasteiger charge is 2.37. The summed E-state index contributed by atoms with van der Waals surface area (Å²) in [5.41, 5.74) is 14.8. The summed E-state index contributed by atoms with van der Waals surface area (Å²) in [6, 6.07) is 12.3. The van der Waals surface area contributed by atoms with E-state index in [0.29, 0.717) is 37.2 Å². The highest BCUT2D eigenvalue weighted by Crippen LogP contribution is 2.38. The number of benzene rings is 1. The summed E-state index contributed by atoms with van der Waals surface area (Å²) in [4.78, 5) is 19.5. The van der Waals surface area contributed by atoms with Crippen molar-refractivity contribution in [1.82, 2.24) is 31.6 Å². The van der Waals surface area contributed by atoms with Gasteiger partial charge in [-0.05, 0) is 43.7 Å². The number of amides is 1. The molecule has 1 aromatic heterocycles. The van der Waals surface area contributed by atoms with Crippen LogP contribution < -0.4 is 26.5 Å². The third kappa shape index (κ3) is 4.75. The fraction of sp³-hybridized carbons (Fsp3) is 0.321. The molecule has 0 aliphatic carbocycles. The molecule has 5 N–H and O–H groups in total. The lowest BCUT2D eigenvalue weighted by Gasteiger charge is -2.37. The second kappa shape index (κ2) is 10.5. The normalized spacial score (nSPS) is 24.0. The van der Waals surface area contributed by atoms with Gasteiger partial charge in [0.1, 0.15) is 17.7 Å². The second-order valence-corrected chi connectivity index (χ2v) is 9.77. The van der Waals surface area contributed by atoms with Gasteiger partial charge in [0, 0.05) is 42.5 Å². The molecule has 0 bridgehead atoms. The van der Waals surface area contributed by atoms with Crippen LogP contribution in [0.1, 0.15) is 34.8 Å². The first-order chi connectivity index (χ1) is 19.1. The van der Waals surface area contributed by atoms with Gasteiger partial charge in [-0.25, -0.2) is 15.8 Å². The number of hydrazine groups is 2. The number of pyridine rings is 1. The Morgan fingerprint density at radius 1 is 1.31 bits per heavy atom. The van der Waals surface area contributed by atoms with Crippen LogP contribution in [0.15, 0.2) is 71.9 Å². The van der Waals surface area contributed by atoms with E-state index in [1.54, 1.807) is 24.3 Å². The molecular formula is C28H30N8O3. The van der Waals surface area contributed by atoms with Crippen molar-refractivity contribution in [3.63, 3.8) is 0 Å². The van der Waals surface area contributed by atoms with Crippen molar-refractivity contribution in [3.8, 4) is 6.07 Å². The molecule has 4 aliphatic rings. The van der Waals surface area contributed by atoms with Crippen LogP contribution in [0.3, 0.4) is 0 Å². The van der Waals surface area contributed by atoms with Crippen LogP contribution in [0, 0.1) is 11.3 Å². The molecular weight excluding hydrogens is 496 g/mol. The van der Waals surface area contributed by atoms with E-state index in [1.807, 2.05) is 53.5 Å². The molecule has 1 amide bonds.